The van der Waals surface area contributed by atoms with E-state index in [9.17, 15) is 0 Å². The summed E-state index contributed by atoms with van der Waals surface area (Å²) in [6.07, 6.45) is 4.11. The lowest BCUT2D eigenvalue weighted by atomic mass is 9.78. The molecule has 16 heavy (non-hydrogen) atoms. The zero-order chi connectivity index (χ0) is 12.6. The van der Waals surface area contributed by atoms with Crippen molar-refractivity contribution >= 4 is 0 Å². The van der Waals surface area contributed by atoms with Crippen LogP contribution in [0.2, 0.25) is 0 Å². The SMILES string of the molecule is C=C.C=C(/C=C\C)C(C)(C)c1ccccc1. The van der Waals surface area contributed by atoms with Crippen molar-refractivity contribution in [2.45, 2.75) is 26.2 Å². The Morgan fingerprint density at radius 3 is 2.06 bits per heavy atom. The van der Waals surface area contributed by atoms with Gasteiger partial charge in [0.2, 0.25) is 0 Å². The van der Waals surface area contributed by atoms with Crippen molar-refractivity contribution in [3.63, 3.8) is 0 Å². The van der Waals surface area contributed by atoms with Crippen LogP contribution in [0.5, 0.6) is 0 Å². The molecule has 0 atom stereocenters. The van der Waals surface area contributed by atoms with Crippen molar-refractivity contribution in [3.8, 4) is 0 Å². The highest BCUT2D eigenvalue weighted by Gasteiger charge is 2.21. The van der Waals surface area contributed by atoms with E-state index in [-0.39, 0.29) is 5.41 Å². The fourth-order valence-electron chi connectivity index (χ4n) is 1.45. The Bertz CT molecular complexity index is 342. The van der Waals surface area contributed by atoms with Gasteiger partial charge in [0.1, 0.15) is 0 Å². The third-order valence-corrected chi connectivity index (χ3v) is 2.67. The van der Waals surface area contributed by atoms with Crippen LogP contribution in [-0.2, 0) is 5.41 Å². The molecule has 0 aliphatic rings. The molecular formula is C16H22. The molecule has 0 aliphatic carbocycles. The van der Waals surface area contributed by atoms with E-state index in [1.807, 2.05) is 19.1 Å². The summed E-state index contributed by atoms with van der Waals surface area (Å²) >= 11 is 0. The molecule has 1 rings (SSSR count). The molecule has 0 heterocycles. The van der Waals surface area contributed by atoms with Gasteiger partial charge in [-0.1, -0.05) is 62.9 Å². The average molecular weight is 214 g/mol. The molecule has 0 saturated heterocycles. The highest BCUT2D eigenvalue weighted by Crippen LogP contribution is 2.30. The second kappa shape index (κ2) is 6.84. The molecule has 0 aromatic heterocycles. The second-order valence-electron chi connectivity index (χ2n) is 4.02. The molecular weight excluding hydrogens is 192 g/mol. The minimum atomic E-state index is 0.0216. The first-order chi connectivity index (χ1) is 7.59. The predicted octanol–water partition coefficient (Wildman–Crippen LogP) is 4.90. The summed E-state index contributed by atoms with van der Waals surface area (Å²) < 4.78 is 0. The van der Waals surface area contributed by atoms with Crippen molar-refractivity contribution < 1.29 is 0 Å². The molecule has 86 valence electrons. The molecule has 0 spiro atoms. The summed E-state index contributed by atoms with van der Waals surface area (Å²) in [6, 6.07) is 10.5. The summed E-state index contributed by atoms with van der Waals surface area (Å²) in [5.74, 6) is 0. The maximum absolute atomic E-state index is 4.11. The normalized spacial score (nSPS) is 10.7. The largest absolute Gasteiger partial charge is 0.106 e. The lowest BCUT2D eigenvalue weighted by molar-refractivity contribution is 0.641. The zero-order valence-corrected chi connectivity index (χ0v) is 10.7. The van der Waals surface area contributed by atoms with E-state index in [1.165, 1.54) is 5.56 Å². The van der Waals surface area contributed by atoms with E-state index in [2.05, 4.69) is 63.9 Å². The standard InChI is InChI=1S/C14H18.C2H4/c1-5-9-12(2)14(3,4)13-10-7-6-8-11-13;1-2/h5-11H,2H2,1,3-4H3;1-2H2/b9-5-;. The second-order valence-corrected chi connectivity index (χ2v) is 4.02. The van der Waals surface area contributed by atoms with Crippen LogP contribution < -0.4 is 0 Å². The van der Waals surface area contributed by atoms with E-state index in [0.29, 0.717) is 0 Å². The Kier molecular flexibility index (Phi) is 6.17. The van der Waals surface area contributed by atoms with Crippen LogP contribution in [0.1, 0.15) is 26.3 Å². The van der Waals surface area contributed by atoms with E-state index in [1.54, 1.807) is 0 Å². The summed E-state index contributed by atoms with van der Waals surface area (Å²) in [6.45, 7) is 16.5. The molecule has 0 saturated carbocycles. The first-order valence-electron chi connectivity index (χ1n) is 5.46. The number of rotatable bonds is 3. The van der Waals surface area contributed by atoms with Crippen molar-refractivity contribution in [2.75, 3.05) is 0 Å². The third-order valence-electron chi connectivity index (χ3n) is 2.67. The molecule has 1 aromatic rings. The molecule has 0 radical (unpaired) electrons. The molecule has 0 bridgehead atoms. The Labute approximate surface area is 100 Å². The molecule has 0 heteroatoms. The lowest BCUT2D eigenvalue weighted by Crippen LogP contribution is -2.18. The number of benzene rings is 1. The smallest absolute Gasteiger partial charge is 0.0140 e. The van der Waals surface area contributed by atoms with Crippen LogP contribution in [0.4, 0.5) is 0 Å². The lowest BCUT2D eigenvalue weighted by Gasteiger charge is -2.26. The van der Waals surface area contributed by atoms with Gasteiger partial charge >= 0.3 is 0 Å². The molecule has 0 fully saturated rings. The van der Waals surface area contributed by atoms with Crippen molar-refractivity contribution in [3.05, 3.63) is 73.4 Å². The molecule has 0 unspecified atom stereocenters. The summed E-state index contributed by atoms with van der Waals surface area (Å²) in [5.41, 5.74) is 2.47. The monoisotopic (exact) mass is 214 g/mol. The van der Waals surface area contributed by atoms with Crippen LogP contribution in [-0.4, -0.2) is 0 Å². The first kappa shape index (κ1) is 14.4. The van der Waals surface area contributed by atoms with Crippen molar-refractivity contribution in [2.24, 2.45) is 0 Å². The van der Waals surface area contributed by atoms with Gasteiger partial charge < -0.3 is 0 Å². The van der Waals surface area contributed by atoms with Gasteiger partial charge in [0.05, 0.1) is 0 Å². The van der Waals surface area contributed by atoms with E-state index in [4.69, 9.17) is 0 Å². The quantitative estimate of drug-likeness (QED) is 0.496. The van der Waals surface area contributed by atoms with Crippen LogP contribution in [0, 0.1) is 0 Å². The zero-order valence-electron chi connectivity index (χ0n) is 10.7. The minimum Gasteiger partial charge on any atom is -0.106 e. The van der Waals surface area contributed by atoms with Gasteiger partial charge in [-0.15, -0.1) is 13.2 Å². The minimum absolute atomic E-state index is 0.0216. The highest BCUT2D eigenvalue weighted by molar-refractivity contribution is 5.37. The van der Waals surface area contributed by atoms with E-state index < -0.39 is 0 Å². The fraction of sp³-hybridized carbons (Fsp3) is 0.250. The Morgan fingerprint density at radius 1 is 1.12 bits per heavy atom. The van der Waals surface area contributed by atoms with E-state index in [0.717, 1.165) is 5.57 Å². The van der Waals surface area contributed by atoms with Gasteiger partial charge in [0.25, 0.3) is 0 Å². The number of hydrogen-bond donors (Lipinski definition) is 0. The summed E-state index contributed by atoms with van der Waals surface area (Å²) in [7, 11) is 0. The Hall–Kier alpha value is -1.56. The summed E-state index contributed by atoms with van der Waals surface area (Å²) in [5, 5.41) is 0. The van der Waals surface area contributed by atoms with E-state index >= 15 is 0 Å². The maximum Gasteiger partial charge on any atom is 0.0140 e. The van der Waals surface area contributed by atoms with Gasteiger partial charge in [-0.05, 0) is 18.1 Å². The molecule has 0 nitrogen and oxygen atoms in total. The fourth-order valence-corrected chi connectivity index (χ4v) is 1.45. The van der Waals surface area contributed by atoms with Crippen LogP contribution in [0.15, 0.2) is 67.8 Å². The highest BCUT2D eigenvalue weighted by atomic mass is 14.2. The van der Waals surface area contributed by atoms with Gasteiger partial charge in [-0.2, -0.15) is 0 Å². The topological polar surface area (TPSA) is 0 Å². The first-order valence-corrected chi connectivity index (χ1v) is 5.46. The average Bonchev–Trinajstić information content (AvgIpc) is 2.33. The van der Waals surface area contributed by atoms with Gasteiger partial charge in [-0.25, -0.2) is 0 Å². The van der Waals surface area contributed by atoms with Gasteiger partial charge in [0.15, 0.2) is 0 Å². The summed E-state index contributed by atoms with van der Waals surface area (Å²) in [4.78, 5) is 0. The Balaban J connectivity index is 0.00000106. The number of hydrogen-bond acceptors (Lipinski definition) is 0. The molecule has 1 aromatic carbocycles. The predicted molar refractivity (Wildman–Crippen MR) is 74.7 cm³/mol. The van der Waals surface area contributed by atoms with Crippen molar-refractivity contribution in [1.82, 2.24) is 0 Å². The van der Waals surface area contributed by atoms with Gasteiger partial charge in [0, 0.05) is 5.41 Å². The van der Waals surface area contributed by atoms with Crippen LogP contribution in [0.25, 0.3) is 0 Å². The third kappa shape index (κ3) is 3.54. The van der Waals surface area contributed by atoms with Crippen LogP contribution in [0.3, 0.4) is 0 Å². The van der Waals surface area contributed by atoms with Crippen LogP contribution >= 0.6 is 0 Å². The Morgan fingerprint density at radius 2 is 1.62 bits per heavy atom. The molecule has 0 N–H and O–H groups in total. The number of allylic oxidation sites excluding steroid dienone is 3. The molecule has 0 amide bonds. The molecule has 0 aliphatic heterocycles. The van der Waals surface area contributed by atoms with Gasteiger partial charge in [-0.3, -0.25) is 0 Å². The van der Waals surface area contributed by atoms with Crippen molar-refractivity contribution in [1.29, 1.82) is 0 Å². The maximum atomic E-state index is 4.11.